The lowest BCUT2D eigenvalue weighted by atomic mass is 10.1. The van der Waals surface area contributed by atoms with Crippen molar-refractivity contribution in [1.29, 1.82) is 0 Å². The summed E-state index contributed by atoms with van der Waals surface area (Å²) in [6.45, 7) is 3.05. The molecule has 2 rings (SSSR count). The van der Waals surface area contributed by atoms with E-state index in [-0.39, 0.29) is 12.3 Å². The molecule has 0 fully saturated rings. The number of para-hydroxylation sites is 1. The SMILES string of the molecule is CCc1cccc2c1N(C)C(=O)CCN2CCC(=O)O. The Bertz CT molecular complexity index is 528. The molecular formula is C15H20N2O3. The number of aryl methyl sites for hydroxylation is 1. The summed E-state index contributed by atoms with van der Waals surface area (Å²) < 4.78 is 0. The van der Waals surface area contributed by atoms with E-state index in [4.69, 9.17) is 5.11 Å². The number of hydrogen-bond donors (Lipinski definition) is 1. The van der Waals surface area contributed by atoms with E-state index in [1.165, 1.54) is 0 Å². The largest absolute Gasteiger partial charge is 0.481 e. The van der Waals surface area contributed by atoms with Crippen LogP contribution in [-0.4, -0.2) is 37.1 Å². The second-order valence-electron chi connectivity index (χ2n) is 4.97. The van der Waals surface area contributed by atoms with Crippen LogP contribution in [0.2, 0.25) is 0 Å². The quantitative estimate of drug-likeness (QED) is 0.912. The number of benzene rings is 1. The Kier molecular flexibility index (Phi) is 4.27. The van der Waals surface area contributed by atoms with Crippen LogP contribution in [0.15, 0.2) is 18.2 Å². The van der Waals surface area contributed by atoms with Crippen LogP contribution in [0, 0.1) is 0 Å². The molecule has 1 amide bonds. The number of rotatable bonds is 4. The third-order valence-corrected chi connectivity index (χ3v) is 3.72. The topological polar surface area (TPSA) is 60.9 Å². The molecule has 1 aromatic carbocycles. The summed E-state index contributed by atoms with van der Waals surface area (Å²) >= 11 is 0. The number of nitrogens with zero attached hydrogens (tertiary/aromatic N) is 2. The predicted molar refractivity (Wildman–Crippen MR) is 78.3 cm³/mol. The molecule has 0 saturated heterocycles. The van der Waals surface area contributed by atoms with Crippen LogP contribution in [-0.2, 0) is 16.0 Å². The number of anilines is 2. The molecule has 1 aliphatic rings. The van der Waals surface area contributed by atoms with Crippen molar-refractivity contribution in [1.82, 2.24) is 0 Å². The molecular weight excluding hydrogens is 256 g/mol. The number of carboxylic acid groups (broad SMARTS) is 1. The smallest absolute Gasteiger partial charge is 0.305 e. The van der Waals surface area contributed by atoms with Crippen molar-refractivity contribution >= 4 is 23.3 Å². The van der Waals surface area contributed by atoms with Gasteiger partial charge in [-0.1, -0.05) is 19.1 Å². The normalized spacial score (nSPS) is 15.0. The lowest BCUT2D eigenvalue weighted by Crippen LogP contribution is -2.27. The van der Waals surface area contributed by atoms with E-state index in [1.807, 2.05) is 23.1 Å². The monoisotopic (exact) mass is 276 g/mol. The van der Waals surface area contributed by atoms with E-state index in [9.17, 15) is 9.59 Å². The summed E-state index contributed by atoms with van der Waals surface area (Å²) in [5.41, 5.74) is 2.99. The average molecular weight is 276 g/mol. The fourth-order valence-corrected chi connectivity index (χ4v) is 2.61. The number of amides is 1. The van der Waals surface area contributed by atoms with Crippen molar-refractivity contribution in [2.75, 3.05) is 29.9 Å². The Morgan fingerprint density at radius 2 is 2.15 bits per heavy atom. The van der Waals surface area contributed by atoms with Gasteiger partial charge in [-0.3, -0.25) is 9.59 Å². The van der Waals surface area contributed by atoms with Crippen LogP contribution in [0.4, 0.5) is 11.4 Å². The number of carbonyl (C=O) groups excluding carboxylic acids is 1. The molecule has 5 nitrogen and oxygen atoms in total. The van der Waals surface area contributed by atoms with Gasteiger partial charge in [0.05, 0.1) is 17.8 Å². The standard InChI is InChI=1S/C15H20N2O3/c1-3-11-5-4-6-12-15(11)16(2)13(18)7-9-17(12)10-8-14(19)20/h4-6H,3,7-10H2,1-2H3,(H,19,20). The maximum atomic E-state index is 12.1. The molecule has 1 aromatic rings. The van der Waals surface area contributed by atoms with Gasteiger partial charge in [-0.15, -0.1) is 0 Å². The molecule has 5 heteroatoms. The molecule has 1 aliphatic heterocycles. The molecule has 0 aromatic heterocycles. The maximum Gasteiger partial charge on any atom is 0.305 e. The van der Waals surface area contributed by atoms with Crippen LogP contribution < -0.4 is 9.80 Å². The first-order valence-electron chi connectivity index (χ1n) is 6.89. The molecule has 1 heterocycles. The minimum absolute atomic E-state index is 0.0741. The summed E-state index contributed by atoms with van der Waals surface area (Å²) in [6, 6.07) is 5.95. The summed E-state index contributed by atoms with van der Waals surface area (Å²) in [5, 5.41) is 8.86. The first kappa shape index (κ1) is 14.4. The van der Waals surface area contributed by atoms with E-state index >= 15 is 0 Å². The van der Waals surface area contributed by atoms with E-state index in [0.717, 1.165) is 23.4 Å². The lowest BCUT2D eigenvalue weighted by molar-refractivity contribution is -0.136. The summed E-state index contributed by atoms with van der Waals surface area (Å²) in [5.74, 6) is -0.743. The molecule has 0 saturated carbocycles. The maximum absolute atomic E-state index is 12.1. The number of carboxylic acids is 1. The minimum atomic E-state index is -0.817. The highest BCUT2D eigenvalue weighted by molar-refractivity contribution is 5.99. The molecule has 0 aliphatic carbocycles. The van der Waals surface area contributed by atoms with Crippen molar-refractivity contribution in [3.05, 3.63) is 23.8 Å². The molecule has 108 valence electrons. The van der Waals surface area contributed by atoms with Crippen LogP contribution >= 0.6 is 0 Å². The van der Waals surface area contributed by atoms with Crippen molar-refractivity contribution in [2.45, 2.75) is 26.2 Å². The second kappa shape index (κ2) is 5.94. The fraction of sp³-hybridized carbons (Fsp3) is 0.467. The van der Waals surface area contributed by atoms with Crippen LogP contribution in [0.25, 0.3) is 0 Å². The van der Waals surface area contributed by atoms with Gasteiger partial charge in [0.15, 0.2) is 0 Å². The van der Waals surface area contributed by atoms with Gasteiger partial charge >= 0.3 is 5.97 Å². The van der Waals surface area contributed by atoms with Crippen molar-refractivity contribution < 1.29 is 14.7 Å². The van der Waals surface area contributed by atoms with Gasteiger partial charge in [-0.25, -0.2) is 0 Å². The molecule has 0 bridgehead atoms. The van der Waals surface area contributed by atoms with Gasteiger partial charge in [-0.2, -0.15) is 0 Å². The van der Waals surface area contributed by atoms with Crippen LogP contribution in [0.3, 0.4) is 0 Å². The molecule has 1 N–H and O–H groups in total. The highest BCUT2D eigenvalue weighted by atomic mass is 16.4. The highest BCUT2D eigenvalue weighted by Crippen LogP contribution is 2.35. The summed E-state index contributed by atoms with van der Waals surface area (Å²) in [7, 11) is 1.79. The molecule has 0 radical (unpaired) electrons. The lowest BCUT2D eigenvalue weighted by Gasteiger charge is -2.26. The Labute approximate surface area is 118 Å². The minimum Gasteiger partial charge on any atom is -0.481 e. The van der Waals surface area contributed by atoms with E-state index < -0.39 is 5.97 Å². The van der Waals surface area contributed by atoms with Gasteiger partial charge in [-0.05, 0) is 18.1 Å². The Hall–Kier alpha value is -2.04. The van der Waals surface area contributed by atoms with E-state index in [1.54, 1.807) is 11.9 Å². The van der Waals surface area contributed by atoms with E-state index in [0.29, 0.717) is 19.5 Å². The van der Waals surface area contributed by atoms with Crippen molar-refractivity contribution in [3.63, 3.8) is 0 Å². The molecule has 20 heavy (non-hydrogen) atoms. The second-order valence-corrected chi connectivity index (χ2v) is 4.97. The third kappa shape index (κ3) is 2.76. The number of aliphatic carboxylic acids is 1. The highest BCUT2D eigenvalue weighted by Gasteiger charge is 2.25. The van der Waals surface area contributed by atoms with Crippen LogP contribution in [0.1, 0.15) is 25.3 Å². The predicted octanol–water partition coefficient (Wildman–Crippen LogP) is 1.90. The molecule has 0 spiro atoms. The molecule has 0 atom stereocenters. The molecule has 0 unspecified atom stereocenters. The van der Waals surface area contributed by atoms with Gasteiger partial charge in [0.25, 0.3) is 0 Å². The van der Waals surface area contributed by atoms with Crippen molar-refractivity contribution in [2.24, 2.45) is 0 Å². The van der Waals surface area contributed by atoms with E-state index in [2.05, 4.69) is 6.92 Å². The Morgan fingerprint density at radius 1 is 1.40 bits per heavy atom. The summed E-state index contributed by atoms with van der Waals surface area (Å²) in [4.78, 5) is 26.6. The number of hydrogen-bond acceptors (Lipinski definition) is 3. The zero-order chi connectivity index (χ0) is 14.7. The zero-order valence-corrected chi connectivity index (χ0v) is 11.9. The van der Waals surface area contributed by atoms with Gasteiger partial charge in [0.1, 0.15) is 0 Å². The first-order chi connectivity index (χ1) is 9.54. The van der Waals surface area contributed by atoms with Crippen LogP contribution in [0.5, 0.6) is 0 Å². The van der Waals surface area contributed by atoms with Gasteiger partial charge in [0, 0.05) is 26.6 Å². The Morgan fingerprint density at radius 3 is 2.80 bits per heavy atom. The third-order valence-electron chi connectivity index (χ3n) is 3.72. The first-order valence-corrected chi connectivity index (χ1v) is 6.89. The summed E-state index contributed by atoms with van der Waals surface area (Å²) in [6.07, 6.45) is 1.33. The fourth-order valence-electron chi connectivity index (χ4n) is 2.61. The average Bonchev–Trinajstić information content (AvgIpc) is 2.56. The number of fused-ring (bicyclic) bond motifs is 1. The zero-order valence-electron chi connectivity index (χ0n) is 11.9. The number of carbonyl (C=O) groups is 2. The van der Waals surface area contributed by atoms with Crippen molar-refractivity contribution in [3.8, 4) is 0 Å². The van der Waals surface area contributed by atoms with Gasteiger partial charge in [0.2, 0.25) is 5.91 Å². The Balaban J connectivity index is 2.42. The van der Waals surface area contributed by atoms with Gasteiger partial charge < -0.3 is 14.9 Å².